The minimum absolute atomic E-state index is 0.356. The maximum atomic E-state index is 9.76. The minimum Gasteiger partial charge on any atom is -0.383 e. The molecule has 0 amide bonds. The van der Waals surface area contributed by atoms with Crippen molar-refractivity contribution in [3.05, 3.63) is 34.7 Å². The zero-order valence-corrected chi connectivity index (χ0v) is 23.0. The van der Waals surface area contributed by atoms with E-state index >= 15 is 0 Å². The fraction of sp³-hybridized carbons (Fsp3) is 0.593. The van der Waals surface area contributed by atoms with Crippen LogP contribution < -0.4 is 16.0 Å². The van der Waals surface area contributed by atoms with E-state index in [1.807, 2.05) is 12.1 Å². The average molecular weight is 548 g/mol. The number of hydrogen-bond donors (Lipinski definition) is 3. The largest absolute Gasteiger partial charge is 0.383 e. The number of rotatable bonds is 10. The van der Waals surface area contributed by atoms with Gasteiger partial charge in [-0.1, -0.05) is 23.2 Å². The Morgan fingerprint density at radius 3 is 2.57 bits per heavy atom. The van der Waals surface area contributed by atoms with Crippen molar-refractivity contribution < 1.29 is 9.47 Å². The van der Waals surface area contributed by atoms with Crippen LogP contribution >= 0.6 is 23.2 Å². The van der Waals surface area contributed by atoms with Crippen LogP contribution in [0.15, 0.2) is 24.5 Å². The lowest BCUT2D eigenvalue weighted by atomic mass is 9.81. The fourth-order valence-electron chi connectivity index (χ4n) is 5.13. The molecule has 3 N–H and O–H groups in total. The number of hydrogen-bond acceptors (Lipinski definition) is 8. The van der Waals surface area contributed by atoms with Crippen LogP contribution in [0.5, 0.6) is 0 Å². The van der Waals surface area contributed by atoms with Gasteiger partial charge in [-0.05, 0) is 57.6 Å². The van der Waals surface area contributed by atoms with Crippen molar-refractivity contribution >= 4 is 34.7 Å². The maximum Gasteiger partial charge on any atom is 0.152 e. The summed E-state index contributed by atoms with van der Waals surface area (Å²) in [5, 5.41) is 21.3. The molecule has 0 bridgehead atoms. The van der Waals surface area contributed by atoms with Gasteiger partial charge in [0.2, 0.25) is 0 Å². The molecule has 10 heteroatoms. The summed E-state index contributed by atoms with van der Waals surface area (Å²) in [7, 11) is 1.74. The molecule has 8 nitrogen and oxygen atoms in total. The van der Waals surface area contributed by atoms with Gasteiger partial charge >= 0.3 is 0 Å². The molecule has 1 saturated carbocycles. The standard InChI is InChI=1S/C27H36Cl2N6O2/c1-18(15-36-2)34-20-3-5-21(6-4-20)35-25-12-22(23(28)14-31-25)19-11-24(26(29)32-13-19)33-17-27(16-30)7-9-37-10-8-27/h11-14,18,20-21,33-34H,3-10,15,17H2,1-2H3,(H,31,35)/t18-,20-,21-/m1/s1. The number of pyridine rings is 2. The zero-order chi connectivity index (χ0) is 26.3. The van der Waals surface area contributed by atoms with E-state index in [-0.39, 0.29) is 0 Å². The molecule has 1 aliphatic heterocycles. The summed E-state index contributed by atoms with van der Waals surface area (Å²) < 4.78 is 10.7. The van der Waals surface area contributed by atoms with Crippen molar-refractivity contribution in [2.75, 3.05) is 44.1 Å². The molecule has 2 aliphatic rings. The molecule has 4 rings (SSSR count). The summed E-state index contributed by atoms with van der Waals surface area (Å²) in [6.45, 7) is 4.55. The maximum absolute atomic E-state index is 9.76. The Hall–Kier alpha value is -2.15. The summed E-state index contributed by atoms with van der Waals surface area (Å²) in [4.78, 5) is 8.90. The first-order valence-electron chi connectivity index (χ1n) is 13.0. The number of nitriles is 1. The number of methoxy groups -OCH3 is 1. The number of aromatic nitrogens is 2. The number of nitrogens with zero attached hydrogens (tertiary/aromatic N) is 3. The van der Waals surface area contributed by atoms with Crippen LogP contribution in [-0.4, -0.2) is 61.6 Å². The molecule has 2 aromatic rings. The van der Waals surface area contributed by atoms with Gasteiger partial charge in [0, 0.05) is 68.5 Å². The van der Waals surface area contributed by atoms with Crippen LogP contribution in [0.3, 0.4) is 0 Å². The predicted octanol–water partition coefficient (Wildman–Crippen LogP) is 5.53. The summed E-state index contributed by atoms with van der Waals surface area (Å²) in [5.41, 5.74) is 1.87. The van der Waals surface area contributed by atoms with E-state index in [1.165, 1.54) is 0 Å². The van der Waals surface area contributed by atoms with Crippen LogP contribution in [0.2, 0.25) is 10.2 Å². The number of ether oxygens (including phenoxy) is 2. The van der Waals surface area contributed by atoms with Gasteiger partial charge in [-0.25, -0.2) is 9.97 Å². The highest BCUT2D eigenvalue weighted by Gasteiger charge is 2.32. The SMILES string of the molecule is COC[C@@H](C)N[C@H]1CC[C@H](Nc2cc(-c3cnc(Cl)c(NCC4(C#N)CCOCC4)c3)c(Cl)cn2)CC1. The third-order valence-electron chi connectivity index (χ3n) is 7.33. The van der Waals surface area contributed by atoms with E-state index in [0.717, 1.165) is 49.2 Å². The second-order valence-electron chi connectivity index (χ2n) is 10.2. The number of anilines is 2. The van der Waals surface area contributed by atoms with Crippen molar-refractivity contribution in [2.45, 2.75) is 63.6 Å². The molecule has 0 spiro atoms. The molecular formula is C27H36Cl2N6O2. The number of halogens is 2. The lowest BCUT2D eigenvalue weighted by Crippen LogP contribution is -2.42. The summed E-state index contributed by atoms with van der Waals surface area (Å²) >= 11 is 13.0. The van der Waals surface area contributed by atoms with Crippen LogP contribution in [0.25, 0.3) is 11.1 Å². The molecule has 2 aromatic heterocycles. The minimum atomic E-state index is -0.473. The molecule has 0 radical (unpaired) electrons. The molecule has 0 aromatic carbocycles. The Kier molecular flexibility index (Phi) is 9.85. The molecular weight excluding hydrogens is 511 g/mol. The van der Waals surface area contributed by atoms with Gasteiger partial charge in [0.25, 0.3) is 0 Å². The Labute approximate surface area is 229 Å². The van der Waals surface area contributed by atoms with Crippen molar-refractivity contribution in [2.24, 2.45) is 5.41 Å². The van der Waals surface area contributed by atoms with Gasteiger partial charge in [-0.2, -0.15) is 5.26 Å². The Morgan fingerprint density at radius 2 is 1.86 bits per heavy atom. The van der Waals surface area contributed by atoms with Crippen molar-refractivity contribution in [3.8, 4) is 17.2 Å². The highest BCUT2D eigenvalue weighted by molar-refractivity contribution is 6.33. The lowest BCUT2D eigenvalue weighted by Gasteiger charge is -2.32. The monoisotopic (exact) mass is 546 g/mol. The van der Waals surface area contributed by atoms with E-state index in [1.54, 1.807) is 19.5 Å². The lowest BCUT2D eigenvalue weighted by molar-refractivity contribution is 0.0456. The van der Waals surface area contributed by atoms with Gasteiger partial charge in [0.15, 0.2) is 5.15 Å². The Morgan fingerprint density at radius 1 is 1.14 bits per heavy atom. The topological polar surface area (TPSA) is 104 Å². The zero-order valence-electron chi connectivity index (χ0n) is 21.5. The first kappa shape index (κ1) is 27.9. The first-order chi connectivity index (χ1) is 17.9. The van der Waals surface area contributed by atoms with E-state index in [2.05, 4.69) is 38.9 Å². The molecule has 1 aliphatic carbocycles. The van der Waals surface area contributed by atoms with E-state index in [0.29, 0.717) is 66.6 Å². The second-order valence-corrected chi connectivity index (χ2v) is 11.0. The quantitative estimate of drug-likeness (QED) is 0.334. The van der Waals surface area contributed by atoms with Crippen molar-refractivity contribution in [1.29, 1.82) is 5.26 Å². The summed E-state index contributed by atoms with van der Waals surface area (Å²) in [6.07, 6.45) is 9.13. The van der Waals surface area contributed by atoms with E-state index in [4.69, 9.17) is 32.7 Å². The normalized spacial score (nSPS) is 22.1. The number of nitrogens with one attached hydrogen (secondary N) is 3. The Bertz CT molecular complexity index is 1080. The highest BCUT2D eigenvalue weighted by atomic mass is 35.5. The van der Waals surface area contributed by atoms with Gasteiger partial charge in [0.1, 0.15) is 5.82 Å². The second kappa shape index (κ2) is 13.1. The molecule has 1 saturated heterocycles. The molecule has 0 unspecified atom stereocenters. The van der Waals surface area contributed by atoms with Crippen LogP contribution in [-0.2, 0) is 9.47 Å². The molecule has 1 atom stereocenters. The molecule has 37 heavy (non-hydrogen) atoms. The van der Waals surface area contributed by atoms with Gasteiger partial charge in [-0.15, -0.1) is 0 Å². The van der Waals surface area contributed by atoms with E-state index < -0.39 is 5.41 Å². The molecule has 200 valence electrons. The molecule has 2 fully saturated rings. The first-order valence-corrected chi connectivity index (χ1v) is 13.7. The fourth-order valence-corrected chi connectivity index (χ4v) is 5.51. The van der Waals surface area contributed by atoms with E-state index in [9.17, 15) is 5.26 Å². The third kappa shape index (κ3) is 7.46. The van der Waals surface area contributed by atoms with Crippen LogP contribution in [0, 0.1) is 16.7 Å². The van der Waals surface area contributed by atoms with Gasteiger partial charge in [-0.3, -0.25) is 0 Å². The van der Waals surface area contributed by atoms with Crippen molar-refractivity contribution in [1.82, 2.24) is 15.3 Å². The average Bonchev–Trinajstić information content (AvgIpc) is 2.91. The molecule has 3 heterocycles. The Balaban J connectivity index is 1.41. The predicted molar refractivity (Wildman–Crippen MR) is 148 cm³/mol. The summed E-state index contributed by atoms with van der Waals surface area (Å²) in [6, 6.07) is 7.61. The highest BCUT2D eigenvalue weighted by Crippen LogP contribution is 2.35. The van der Waals surface area contributed by atoms with Gasteiger partial charge in [0.05, 0.1) is 28.8 Å². The van der Waals surface area contributed by atoms with Gasteiger partial charge < -0.3 is 25.4 Å². The van der Waals surface area contributed by atoms with Crippen LogP contribution in [0.4, 0.5) is 11.5 Å². The third-order valence-corrected chi connectivity index (χ3v) is 7.93. The smallest absolute Gasteiger partial charge is 0.152 e. The van der Waals surface area contributed by atoms with Crippen LogP contribution in [0.1, 0.15) is 45.4 Å². The van der Waals surface area contributed by atoms with Crippen molar-refractivity contribution in [3.63, 3.8) is 0 Å². The summed E-state index contributed by atoms with van der Waals surface area (Å²) in [5.74, 6) is 0.790.